The molecule has 0 saturated carbocycles. The van der Waals surface area contributed by atoms with Crippen LogP contribution in [0.2, 0.25) is 0 Å². The lowest BCUT2D eigenvalue weighted by Gasteiger charge is -2.29. The molecule has 0 atom stereocenters. The van der Waals surface area contributed by atoms with Crippen molar-refractivity contribution in [2.75, 3.05) is 16.8 Å². The Labute approximate surface area is 195 Å². The fraction of sp³-hybridized carbons (Fsp3) is 0.115. The Bertz CT molecular complexity index is 1290. The number of ether oxygens (including phenoxy) is 1. The molecule has 5 rings (SSSR count). The van der Waals surface area contributed by atoms with Gasteiger partial charge in [-0.2, -0.15) is 0 Å². The molecule has 0 aliphatic carbocycles. The standard InChI is InChI=1S/C26H21N3O3S/c30-24(13-18-7-3-1-4-8-18)28-26-27-21(17-33-26)20-11-12-23-22(14-20)29(25(31)16-32-23)15-19-9-5-2-6-10-19/h1-12,14,17H,13,15-16H2,(H,27,28,30). The topological polar surface area (TPSA) is 71.5 Å². The molecule has 7 heteroatoms. The monoisotopic (exact) mass is 455 g/mol. The first-order valence-electron chi connectivity index (χ1n) is 10.6. The predicted octanol–water partition coefficient (Wildman–Crippen LogP) is 4.92. The van der Waals surface area contributed by atoms with Gasteiger partial charge in [-0.15, -0.1) is 11.3 Å². The summed E-state index contributed by atoms with van der Waals surface area (Å²) < 4.78 is 5.64. The maximum atomic E-state index is 12.6. The maximum absolute atomic E-state index is 12.6. The van der Waals surface area contributed by atoms with Crippen LogP contribution in [0.25, 0.3) is 11.3 Å². The average molecular weight is 456 g/mol. The fourth-order valence-corrected chi connectivity index (χ4v) is 4.45. The summed E-state index contributed by atoms with van der Waals surface area (Å²) in [5.74, 6) is 0.470. The number of rotatable bonds is 6. The van der Waals surface area contributed by atoms with Gasteiger partial charge in [0.15, 0.2) is 11.7 Å². The Kier molecular flexibility index (Phi) is 5.87. The van der Waals surface area contributed by atoms with E-state index in [0.29, 0.717) is 23.8 Å². The van der Waals surface area contributed by atoms with Crippen molar-refractivity contribution in [3.8, 4) is 17.0 Å². The van der Waals surface area contributed by atoms with Crippen molar-refractivity contribution in [1.29, 1.82) is 0 Å². The molecule has 0 radical (unpaired) electrons. The number of fused-ring (bicyclic) bond motifs is 1. The Balaban J connectivity index is 1.35. The van der Waals surface area contributed by atoms with Crippen molar-refractivity contribution < 1.29 is 14.3 Å². The molecule has 2 amide bonds. The molecular weight excluding hydrogens is 434 g/mol. The van der Waals surface area contributed by atoms with E-state index in [-0.39, 0.29) is 18.4 Å². The molecule has 0 unspecified atom stereocenters. The molecule has 2 heterocycles. The van der Waals surface area contributed by atoms with Gasteiger partial charge in [0.1, 0.15) is 5.75 Å². The van der Waals surface area contributed by atoms with E-state index >= 15 is 0 Å². The number of nitrogens with one attached hydrogen (secondary N) is 1. The van der Waals surface area contributed by atoms with Gasteiger partial charge >= 0.3 is 0 Å². The van der Waals surface area contributed by atoms with Gasteiger partial charge in [-0.1, -0.05) is 60.7 Å². The molecule has 0 saturated heterocycles. The van der Waals surface area contributed by atoms with Gasteiger partial charge in [0.05, 0.1) is 24.3 Å². The van der Waals surface area contributed by atoms with Crippen molar-refractivity contribution in [2.45, 2.75) is 13.0 Å². The van der Waals surface area contributed by atoms with Gasteiger partial charge in [-0.25, -0.2) is 4.98 Å². The van der Waals surface area contributed by atoms with Crippen LogP contribution in [-0.2, 0) is 22.6 Å². The summed E-state index contributed by atoms with van der Waals surface area (Å²) in [6.07, 6.45) is 0.294. The molecule has 0 fully saturated rings. The SMILES string of the molecule is O=C(Cc1ccccc1)Nc1nc(-c2ccc3c(c2)N(Cc2ccccc2)C(=O)CO3)cs1. The number of hydrogen-bond donors (Lipinski definition) is 1. The minimum Gasteiger partial charge on any atom is -0.482 e. The largest absolute Gasteiger partial charge is 0.482 e. The normalized spacial score (nSPS) is 12.7. The number of benzene rings is 3. The summed E-state index contributed by atoms with van der Waals surface area (Å²) in [7, 11) is 0. The van der Waals surface area contributed by atoms with Crippen LogP contribution < -0.4 is 15.0 Å². The number of aromatic nitrogens is 1. The first kappa shape index (κ1) is 20.9. The molecule has 3 aromatic carbocycles. The van der Waals surface area contributed by atoms with Crippen molar-refractivity contribution in [3.05, 3.63) is 95.4 Å². The number of hydrogen-bond acceptors (Lipinski definition) is 5. The summed E-state index contributed by atoms with van der Waals surface area (Å²) in [4.78, 5) is 31.3. The molecule has 4 aromatic rings. The van der Waals surface area contributed by atoms with E-state index in [1.54, 1.807) is 4.90 Å². The van der Waals surface area contributed by atoms with E-state index in [0.717, 1.165) is 28.1 Å². The smallest absolute Gasteiger partial charge is 0.265 e. The highest BCUT2D eigenvalue weighted by Gasteiger charge is 2.26. The van der Waals surface area contributed by atoms with E-state index < -0.39 is 0 Å². The van der Waals surface area contributed by atoms with E-state index in [1.807, 2.05) is 84.2 Å². The Morgan fingerprint density at radius 2 is 1.73 bits per heavy atom. The van der Waals surface area contributed by atoms with Crippen LogP contribution in [0.15, 0.2) is 84.2 Å². The minimum absolute atomic E-state index is 0.0213. The lowest BCUT2D eigenvalue weighted by Crippen LogP contribution is -2.38. The number of anilines is 2. The summed E-state index contributed by atoms with van der Waals surface area (Å²) >= 11 is 1.37. The molecule has 33 heavy (non-hydrogen) atoms. The molecule has 6 nitrogen and oxygen atoms in total. The van der Waals surface area contributed by atoms with Gasteiger partial charge in [-0.05, 0) is 29.3 Å². The predicted molar refractivity (Wildman–Crippen MR) is 129 cm³/mol. The summed E-state index contributed by atoms with van der Waals surface area (Å²) in [5.41, 5.74) is 4.29. The minimum atomic E-state index is -0.111. The zero-order valence-electron chi connectivity index (χ0n) is 17.7. The maximum Gasteiger partial charge on any atom is 0.265 e. The van der Waals surface area contributed by atoms with Crippen LogP contribution in [0.5, 0.6) is 5.75 Å². The number of carbonyl (C=O) groups is 2. The third-order valence-corrected chi connectivity index (χ3v) is 6.10. The second kappa shape index (κ2) is 9.26. The highest BCUT2D eigenvalue weighted by Crippen LogP contribution is 2.37. The zero-order valence-corrected chi connectivity index (χ0v) is 18.5. The molecule has 1 aromatic heterocycles. The van der Waals surface area contributed by atoms with E-state index in [1.165, 1.54) is 11.3 Å². The second-order valence-electron chi connectivity index (χ2n) is 7.69. The number of thiazole rings is 1. The first-order valence-corrected chi connectivity index (χ1v) is 11.4. The molecule has 1 aliphatic rings. The van der Waals surface area contributed by atoms with Crippen molar-refractivity contribution in [3.63, 3.8) is 0 Å². The van der Waals surface area contributed by atoms with Gasteiger partial charge in [0.2, 0.25) is 5.91 Å². The van der Waals surface area contributed by atoms with E-state index in [4.69, 9.17) is 4.74 Å². The number of nitrogens with zero attached hydrogens (tertiary/aromatic N) is 2. The van der Waals surface area contributed by atoms with Crippen LogP contribution in [0.3, 0.4) is 0 Å². The van der Waals surface area contributed by atoms with Crippen LogP contribution in [0, 0.1) is 0 Å². The molecule has 164 valence electrons. The summed E-state index contributed by atoms with van der Waals surface area (Å²) in [5, 5.41) is 5.31. The van der Waals surface area contributed by atoms with Crippen molar-refractivity contribution >= 4 is 34.0 Å². The van der Waals surface area contributed by atoms with Crippen molar-refractivity contribution in [2.24, 2.45) is 0 Å². The third-order valence-electron chi connectivity index (χ3n) is 5.34. The number of carbonyl (C=O) groups excluding carboxylic acids is 2. The molecule has 1 aliphatic heterocycles. The van der Waals surface area contributed by atoms with Gasteiger partial charge < -0.3 is 15.0 Å². The van der Waals surface area contributed by atoms with Crippen LogP contribution >= 0.6 is 11.3 Å². The molecule has 0 bridgehead atoms. The quantitative estimate of drug-likeness (QED) is 0.448. The first-order chi connectivity index (χ1) is 16.2. The summed E-state index contributed by atoms with van der Waals surface area (Å²) in [6.45, 7) is 0.491. The van der Waals surface area contributed by atoms with E-state index in [9.17, 15) is 9.59 Å². The lowest BCUT2D eigenvalue weighted by atomic mass is 10.1. The Hall–Kier alpha value is -3.97. The van der Waals surface area contributed by atoms with Gasteiger partial charge in [0.25, 0.3) is 5.91 Å². The van der Waals surface area contributed by atoms with E-state index in [2.05, 4.69) is 10.3 Å². The molecule has 1 N–H and O–H groups in total. The third kappa shape index (κ3) is 4.78. The summed E-state index contributed by atoms with van der Waals surface area (Å²) in [6, 6.07) is 25.2. The van der Waals surface area contributed by atoms with Crippen molar-refractivity contribution in [1.82, 2.24) is 4.98 Å². The fourth-order valence-electron chi connectivity index (χ4n) is 3.71. The number of amides is 2. The highest BCUT2D eigenvalue weighted by atomic mass is 32.1. The zero-order chi connectivity index (χ0) is 22.6. The van der Waals surface area contributed by atoms with Crippen LogP contribution in [-0.4, -0.2) is 23.4 Å². The Morgan fingerprint density at radius 3 is 2.48 bits per heavy atom. The van der Waals surface area contributed by atoms with Crippen LogP contribution in [0.4, 0.5) is 10.8 Å². The van der Waals surface area contributed by atoms with Gasteiger partial charge in [-0.3, -0.25) is 9.59 Å². The molecule has 0 spiro atoms. The lowest BCUT2D eigenvalue weighted by molar-refractivity contribution is -0.121. The average Bonchev–Trinajstić information content (AvgIpc) is 3.30. The molecular formula is C26H21N3O3S. The highest BCUT2D eigenvalue weighted by molar-refractivity contribution is 7.14. The Morgan fingerprint density at radius 1 is 1.00 bits per heavy atom. The second-order valence-corrected chi connectivity index (χ2v) is 8.54. The van der Waals surface area contributed by atoms with Gasteiger partial charge in [0, 0.05) is 10.9 Å². The van der Waals surface area contributed by atoms with Crippen LogP contribution in [0.1, 0.15) is 11.1 Å².